The lowest BCUT2D eigenvalue weighted by Gasteiger charge is -2.26. The average molecular weight is 403 g/mol. The summed E-state index contributed by atoms with van der Waals surface area (Å²) in [5.41, 5.74) is 0. The van der Waals surface area contributed by atoms with Crippen molar-refractivity contribution in [3.63, 3.8) is 0 Å². The van der Waals surface area contributed by atoms with Crippen LogP contribution in [0.4, 0.5) is 4.39 Å². The maximum absolute atomic E-state index is 13.7. The highest BCUT2D eigenvalue weighted by atomic mass is 79.9. The first-order valence-corrected chi connectivity index (χ1v) is 8.89. The summed E-state index contributed by atoms with van der Waals surface area (Å²) in [5.74, 6) is -0.312. The van der Waals surface area contributed by atoms with Gasteiger partial charge in [0.1, 0.15) is 13.2 Å². The summed E-state index contributed by atoms with van der Waals surface area (Å²) in [5, 5.41) is 0. The number of hydrogen-bond donors (Lipinski definition) is 0. The van der Waals surface area contributed by atoms with Crippen molar-refractivity contribution >= 4 is 26.0 Å². The van der Waals surface area contributed by atoms with Gasteiger partial charge in [-0.2, -0.15) is 8.42 Å². The van der Waals surface area contributed by atoms with E-state index in [-0.39, 0.29) is 29.6 Å². The molecule has 1 aliphatic heterocycles. The van der Waals surface area contributed by atoms with E-state index in [1.165, 1.54) is 24.3 Å². The van der Waals surface area contributed by atoms with Crippen LogP contribution >= 0.6 is 15.9 Å². The van der Waals surface area contributed by atoms with E-state index in [9.17, 15) is 12.8 Å². The van der Waals surface area contributed by atoms with Crippen LogP contribution in [0.1, 0.15) is 0 Å². The van der Waals surface area contributed by atoms with Crippen molar-refractivity contribution in [2.24, 2.45) is 0 Å². The molecule has 0 saturated heterocycles. The first-order valence-electron chi connectivity index (χ1n) is 6.69. The van der Waals surface area contributed by atoms with Crippen LogP contribution in [0.25, 0.3) is 0 Å². The summed E-state index contributed by atoms with van der Waals surface area (Å²) < 4.78 is 54.3. The largest absolute Gasteiger partial charge is 0.486 e. The monoisotopic (exact) mass is 402 g/mol. The highest BCUT2D eigenvalue weighted by molar-refractivity contribution is 9.10. The Morgan fingerprint density at radius 2 is 1.96 bits per heavy atom. The molecule has 0 aromatic heterocycles. The Morgan fingerprint density at radius 1 is 1.22 bits per heavy atom. The van der Waals surface area contributed by atoms with Crippen molar-refractivity contribution < 1.29 is 26.5 Å². The minimum absolute atomic E-state index is 0.0315. The molecule has 1 atom stereocenters. The molecule has 0 radical (unpaired) electrons. The first-order chi connectivity index (χ1) is 11.0. The van der Waals surface area contributed by atoms with Crippen molar-refractivity contribution in [1.82, 2.24) is 0 Å². The molecule has 2 aromatic carbocycles. The lowest BCUT2D eigenvalue weighted by Crippen LogP contribution is -2.34. The van der Waals surface area contributed by atoms with Gasteiger partial charge in [0.15, 0.2) is 23.4 Å². The Bertz CT molecular complexity index is 807. The van der Waals surface area contributed by atoms with Crippen molar-refractivity contribution in [2.45, 2.75) is 11.0 Å². The molecule has 0 fully saturated rings. The van der Waals surface area contributed by atoms with Crippen molar-refractivity contribution in [2.75, 3.05) is 13.2 Å². The second kappa shape index (κ2) is 6.46. The normalized spacial score (nSPS) is 17.0. The van der Waals surface area contributed by atoms with Crippen LogP contribution in [0.2, 0.25) is 0 Å². The van der Waals surface area contributed by atoms with Gasteiger partial charge < -0.3 is 9.47 Å². The number of fused-ring (bicyclic) bond motifs is 1. The van der Waals surface area contributed by atoms with Gasteiger partial charge in [0.05, 0.1) is 4.90 Å². The van der Waals surface area contributed by atoms with Gasteiger partial charge in [0.2, 0.25) is 0 Å². The molecule has 23 heavy (non-hydrogen) atoms. The third-order valence-corrected chi connectivity index (χ3v) is 4.98. The molecule has 2 aromatic rings. The predicted molar refractivity (Wildman–Crippen MR) is 83.6 cm³/mol. The van der Waals surface area contributed by atoms with Crippen LogP contribution in [0.5, 0.6) is 11.5 Å². The van der Waals surface area contributed by atoms with Crippen LogP contribution in [0.15, 0.2) is 51.8 Å². The molecule has 0 aliphatic carbocycles. The maximum Gasteiger partial charge on any atom is 0.297 e. The lowest BCUT2D eigenvalue weighted by atomic mass is 10.2. The summed E-state index contributed by atoms with van der Waals surface area (Å²) in [7, 11) is -3.91. The smallest absolute Gasteiger partial charge is 0.297 e. The molecule has 8 heteroatoms. The SMILES string of the molecule is O=S(=O)(OCC1COc2cccc(F)c2O1)c1ccc(Br)cc1. The summed E-state index contributed by atoms with van der Waals surface area (Å²) in [4.78, 5) is 0.0315. The zero-order chi connectivity index (χ0) is 16.4. The lowest BCUT2D eigenvalue weighted by molar-refractivity contribution is 0.0514. The van der Waals surface area contributed by atoms with Crippen LogP contribution in [-0.4, -0.2) is 27.7 Å². The van der Waals surface area contributed by atoms with E-state index in [4.69, 9.17) is 13.7 Å². The minimum atomic E-state index is -3.91. The highest BCUT2D eigenvalue weighted by Gasteiger charge is 2.26. The summed E-state index contributed by atoms with van der Waals surface area (Å²) in [6, 6.07) is 10.4. The highest BCUT2D eigenvalue weighted by Crippen LogP contribution is 2.34. The Morgan fingerprint density at radius 3 is 2.70 bits per heavy atom. The van der Waals surface area contributed by atoms with Gasteiger partial charge in [-0.15, -0.1) is 0 Å². The minimum Gasteiger partial charge on any atom is -0.486 e. The number of ether oxygens (including phenoxy) is 2. The standard InChI is InChI=1S/C15H12BrFO5S/c16-10-4-6-12(7-5-10)23(18,19)21-9-11-8-20-14-3-1-2-13(17)15(14)22-11/h1-7,11H,8-9H2. The molecule has 3 rings (SSSR count). The van der Waals surface area contributed by atoms with Crippen molar-refractivity contribution in [3.05, 3.63) is 52.8 Å². The molecule has 0 amide bonds. The van der Waals surface area contributed by atoms with Crippen LogP contribution in [-0.2, 0) is 14.3 Å². The first kappa shape index (κ1) is 16.2. The number of halogens is 2. The van der Waals surface area contributed by atoms with Gasteiger partial charge in [-0.25, -0.2) is 4.39 Å². The van der Waals surface area contributed by atoms with Crippen molar-refractivity contribution in [3.8, 4) is 11.5 Å². The number of benzene rings is 2. The molecular formula is C15H12BrFO5S. The zero-order valence-corrected chi connectivity index (χ0v) is 14.1. The maximum atomic E-state index is 13.7. The van der Waals surface area contributed by atoms with E-state index in [1.807, 2.05) is 0 Å². The average Bonchev–Trinajstić information content (AvgIpc) is 2.54. The van der Waals surface area contributed by atoms with E-state index in [2.05, 4.69) is 15.9 Å². The van der Waals surface area contributed by atoms with Gasteiger partial charge in [0, 0.05) is 4.47 Å². The molecule has 1 aliphatic rings. The van der Waals surface area contributed by atoms with E-state index in [0.717, 1.165) is 4.47 Å². The van der Waals surface area contributed by atoms with Gasteiger partial charge in [-0.1, -0.05) is 22.0 Å². The summed E-state index contributed by atoms with van der Waals surface area (Å²) >= 11 is 3.23. The third kappa shape index (κ3) is 3.65. The fraction of sp³-hybridized carbons (Fsp3) is 0.200. The van der Waals surface area contributed by atoms with Crippen molar-refractivity contribution in [1.29, 1.82) is 0 Å². The van der Waals surface area contributed by atoms with E-state index < -0.39 is 22.0 Å². The molecule has 122 valence electrons. The Hall–Kier alpha value is -1.64. The Balaban J connectivity index is 1.67. The van der Waals surface area contributed by atoms with Crippen LogP contribution in [0.3, 0.4) is 0 Å². The Kier molecular flexibility index (Phi) is 4.56. The zero-order valence-electron chi connectivity index (χ0n) is 11.7. The molecule has 1 unspecified atom stereocenters. The molecule has 1 heterocycles. The van der Waals surface area contributed by atoms with Gasteiger partial charge >= 0.3 is 0 Å². The molecule has 0 spiro atoms. The fourth-order valence-electron chi connectivity index (χ4n) is 2.02. The number of para-hydroxylation sites is 1. The summed E-state index contributed by atoms with van der Waals surface area (Å²) in [6.45, 7) is -0.196. The number of rotatable bonds is 4. The number of hydrogen-bond acceptors (Lipinski definition) is 5. The van der Waals surface area contributed by atoms with Gasteiger partial charge in [-0.05, 0) is 36.4 Å². The molecule has 0 saturated carbocycles. The molecular weight excluding hydrogens is 391 g/mol. The predicted octanol–water partition coefficient (Wildman–Crippen LogP) is 3.13. The van der Waals surface area contributed by atoms with E-state index in [1.54, 1.807) is 18.2 Å². The van der Waals surface area contributed by atoms with E-state index in [0.29, 0.717) is 0 Å². The van der Waals surface area contributed by atoms with Gasteiger partial charge in [-0.3, -0.25) is 4.18 Å². The van der Waals surface area contributed by atoms with E-state index >= 15 is 0 Å². The van der Waals surface area contributed by atoms with Crippen LogP contribution < -0.4 is 9.47 Å². The fourth-order valence-corrected chi connectivity index (χ4v) is 3.22. The van der Waals surface area contributed by atoms with Crippen LogP contribution in [0, 0.1) is 5.82 Å². The topological polar surface area (TPSA) is 61.8 Å². The molecule has 5 nitrogen and oxygen atoms in total. The quantitative estimate of drug-likeness (QED) is 0.735. The third-order valence-electron chi connectivity index (χ3n) is 3.15. The second-order valence-electron chi connectivity index (χ2n) is 4.81. The van der Waals surface area contributed by atoms with Gasteiger partial charge in [0.25, 0.3) is 10.1 Å². The molecule has 0 bridgehead atoms. The Labute approximate surface area is 141 Å². The second-order valence-corrected chi connectivity index (χ2v) is 7.34. The molecule has 0 N–H and O–H groups in total. The summed E-state index contributed by atoms with van der Waals surface area (Å²) in [6.07, 6.45) is -0.718.